The summed E-state index contributed by atoms with van der Waals surface area (Å²) in [6.07, 6.45) is 2.68. The van der Waals surface area contributed by atoms with Crippen LogP contribution in [0, 0.1) is 19.8 Å². The molecule has 2 nitrogen and oxygen atoms in total. The number of nitrogens with two attached hydrogens (primary N) is 1. The van der Waals surface area contributed by atoms with Crippen LogP contribution in [0.15, 0.2) is 18.2 Å². The Morgan fingerprint density at radius 3 is 2.47 bits per heavy atom. The van der Waals surface area contributed by atoms with E-state index in [1.54, 1.807) is 0 Å². The van der Waals surface area contributed by atoms with Crippen molar-refractivity contribution in [3.63, 3.8) is 0 Å². The molecule has 1 saturated heterocycles. The third-order valence-electron chi connectivity index (χ3n) is 4.64. The molecule has 0 spiro atoms. The van der Waals surface area contributed by atoms with E-state index in [-0.39, 0.29) is 0 Å². The fourth-order valence-electron chi connectivity index (χ4n) is 2.89. The topological polar surface area (TPSA) is 29.3 Å². The van der Waals surface area contributed by atoms with Gasteiger partial charge in [0.2, 0.25) is 0 Å². The van der Waals surface area contributed by atoms with E-state index in [0.29, 0.717) is 5.92 Å². The summed E-state index contributed by atoms with van der Waals surface area (Å²) in [6, 6.07) is 6.80. The fraction of sp³-hybridized carbons (Fsp3) is 0.647. The minimum absolute atomic E-state index is 0.479. The van der Waals surface area contributed by atoms with Gasteiger partial charge in [-0.1, -0.05) is 25.1 Å². The van der Waals surface area contributed by atoms with Crippen molar-refractivity contribution in [1.82, 2.24) is 4.90 Å². The first-order valence-electron chi connectivity index (χ1n) is 7.59. The lowest BCUT2D eigenvalue weighted by molar-refractivity contribution is 0.183. The predicted octanol–water partition coefficient (Wildman–Crippen LogP) is 3.08. The Morgan fingerprint density at radius 2 is 1.89 bits per heavy atom. The molecule has 2 heteroatoms. The maximum atomic E-state index is 6.01. The summed E-state index contributed by atoms with van der Waals surface area (Å²) in [7, 11) is 0. The molecule has 1 unspecified atom stereocenters. The lowest BCUT2D eigenvalue weighted by Crippen LogP contribution is -2.37. The Kier molecular flexibility index (Phi) is 5.00. The molecular weight excluding hydrogens is 232 g/mol. The molecule has 0 saturated carbocycles. The van der Waals surface area contributed by atoms with Crippen LogP contribution < -0.4 is 5.73 Å². The van der Waals surface area contributed by atoms with Gasteiger partial charge in [0.1, 0.15) is 0 Å². The number of rotatable bonds is 4. The van der Waals surface area contributed by atoms with Crippen LogP contribution in [0.2, 0.25) is 0 Å². The molecule has 0 bridgehead atoms. The van der Waals surface area contributed by atoms with Crippen LogP contribution in [0.5, 0.6) is 0 Å². The summed E-state index contributed by atoms with van der Waals surface area (Å²) in [5.41, 5.74) is 10.2. The van der Waals surface area contributed by atoms with E-state index in [1.807, 2.05) is 0 Å². The average Bonchev–Trinajstić information content (AvgIpc) is 2.41. The summed E-state index contributed by atoms with van der Waals surface area (Å²) in [5, 5.41) is 0. The van der Waals surface area contributed by atoms with Crippen LogP contribution in [0.25, 0.3) is 0 Å². The second-order valence-electron chi connectivity index (χ2n) is 6.26. The number of nitrogens with zero attached hydrogens (tertiary/aromatic N) is 1. The second-order valence-corrected chi connectivity index (χ2v) is 6.26. The van der Waals surface area contributed by atoms with Crippen LogP contribution in [-0.4, -0.2) is 31.1 Å². The highest BCUT2D eigenvalue weighted by molar-refractivity contribution is 5.32. The molecule has 0 radical (unpaired) electrons. The van der Waals surface area contributed by atoms with E-state index in [2.05, 4.69) is 43.9 Å². The van der Waals surface area contributed by atoms with Crippen molar-refractivity contribution in [3.8, 4) is 0 Å². The number of hydrogen-bond acceptors (Lipinski definition) is 2. The first-order chi connectivity index (χ1) is 9.10. The zero-order chi connectivity index (χ0) is 13.8. The molecule has 1 aromatic carbocycles. The molecular formula is C17H28N2. The first-order valence-corrected chi connectivity index (χ1v) is 7.59. The molecule has 1 aliphatic heterocycles. The van der Waals surface area contributed by atoms with Crippen molar-refractivity contribution in [2.45, 2.75) is 39.5 Å². The summed E-state index contributed by atoms with van der Waals surface area (Å²) in [5.74, 6) is 1.38. The predicted molar refractivity (Wildman–Crippen MR) is 82.5 cm³/mol. The standard InChI is InChI=1S/C17H28N2/c1-13-6-8-19(9-7-13)12-17(11-18)16-5-4-14(2)15(3)10-16/h4-5,10,13,17H,6-9,11-12,18H2,1-3H3. The Labute approximate surface area is 118 Å². The van der Waals surface area contributed by atoms with Crippen molar-refractivity contribution in [1.29, 1.82) is 0 Å². The number of benzene rings is 1. The molecule has 1 aliphatic rings. The summed E-state index contributed by atoms with van der Waals surface area (Å²) in [6.45, 7) is 11.1. The highest BCUT2D eigenvalue weighted by Crippen LogP contribution is 2.22. The van der Waals surface area contributed by atoms with Crippen LogP contribution in [0.3, 0.4) is 0 Å². The Hall–Kier alpha value is -0.860. The van der Waals surface area contributed by atoms with Gasteiger partial charge in [0.25, 0.3) is 0 Å². The highest BCUT2D eigenvalue weighted by atomic mass is 15.1. The fourth-order valence-corrected chi connectivity index (χ4v) is 2.89. The largest absolute Gasteiger partial charge is 0.330 e. The minimum atomic E-state index is 0.479. The maximum absolute atomic E-state index is 6.01. The number of hydrogen-bond donors (Lipinski definition) is 1. The molecule has 2 N–H and O–H groups in total. The van der Waals surface area contributed by atoms with Gasteiger partial charge in [-0.3, -0.25) is 0 Å². The van der Waals surface area contributed by atoms with Crippen molar-refractivity contribution in [2.24, 2.45) is 11.7 Å². The Balaban J connectivity index is 2.01. The molecule has 0 aliphatic carbocycles. The molecule has 19 heavy (non-hydrogen) atoms. The average molecular weight is 260 g/mol. The van der Waals surface area contributed by atoms with Crippen LogP contribution >= 0.6 is 0 Å². The lowest BCUT2D eigenvalue weighted by Gasteiger charge is -2.33. The van der Waals surface area contributed by atoms with Crippen LogP contribution in [0.1, 0.15) is 42.4 Å². The Morgan fingerprint density at radius 1 is 1.21 bits per heavy atom. The van der Waals surface area contributed by atoms with Crippen molar-refractivity contribution in [2.75, 3.05) is 26.2 Å². The van der Waals surface area contributed by atoms with E-state index < -0.39 is 0 Å². The highest BCUT2D eigenvalue weighted by Gasteiger charge is 2.19. The first kappa shape index (κ1) is 14.5. The smallest absolute Gasteiger partial charge is 0.00889 e. The van der Waals surface area contributed by atoms with Crippen molar-refractivity contribution in [3.05, 3.63) is 34.9 Å². The Bertz CT molecular complexity index is 406. The van der Waals surface area contributed by atoms with Crippen molar-refractivity contribution < 1.29 is 0 Å². The van der Waals surface area contributed by atoms with E-state index in [1.165, 1.54) is 42.6 Å². The molecule has 2 rings (SSSR count). The quantitative estimate of drug-likeness (QED) is 0.901. The summed E-state index contributed by atoms with van der Waals surface area (Å²) < 4.78 is 0. The number of likely N-dealkylation sites (tertiary alicyclic amines) is 1. The maximum Gasteiger partial charge on any atom is 0.00889 e. The minimum Gasteiger partial charge on any atom is -0.330 e. The van der Waals surface area contributed by atoms with Gasteiger partial charge in [0.15, 0.2) is 0 Å². The molecule has 1 aromatic rings. The van der Waals surface area contributed by atoms with Gasteiger partial charge >= 0.3 is 0 Å². The molecule has 1 heterocycles. The molecule has 106 valence electrons. The van der Waals surface area contributed by atoms with Crippen molar-refractivity contribution >= 4 is 0 Å². The summed E-state index contributed by atoms with van der Waals surface area (Å²) >= 11 is 0. The summed E-state index contributed by atoms with van der Waals surface area (Å²) in [4.78, 5) is 2.59. The van der Waals surface area contributed by atoms with Gasteiger partial charge in [-0.2, -0.15) is 0 Å². The van der Waals surface area contributed by atoms with Crippen LogP contribution in [0.4, 0.5) is 0 Å². The number of piperidine rings is 1. The monoisotopic (exact) mass is 260 g/mol. The SMILES string of the molecule is Cc1ccc(C(CN)CN2CCC(C)CC2)cc1C. The van der Waals surface area contributed by atoms with Gasteiger partial charge in [-0.05, 0) is 62.4 Å². The van der Waals surface area contributed by atoms with E-state index in [9.17, 15) is 0 Å². The van der Waals surface area contributed by atoms with Gasteiger partial charge in [-0.15, -0.1) is 0 Å². The van der Waals surface area contributed by atoms with E-state index in [0.717, 1.165) is 19.0 Å². The third-order valence-corrected chi connectivity index (χ3v) is 4.64. The molecule has 0 amide bonds. The van der Waals surface area contributed by atoms with E-state index >= 15 is 0 Å². The van der Waals surface area contributed by atoms with Gasteiger partial charge in [0, 0.05) is 19.0 Å². The lowest BCUT2D eigenvalue weighted by atomic mass is 9.93. The van der Waals surface area contributed by atoms with Gasteiger partial charge < -0.3 is 10.6 Å². The van der Waals surface area contributed by atoms with E-state index in [4.69, 9.17) is 5.73 Å². The zero-order valence-electron chi connectivity index (χ0n) is 12.7. The molecule has 1 atom stereocenters. The second kappa shape index (κ2) is 6.53. The third kappa shape index (κ3) is 3.80. The molecule has 1 fully saturated rings. The zero-order valence-corrected chi connectivity index (χ0v) is 12.7. The van der Waals surface area contributed by atoms with Gasteiger partial charge in [-0.25, -0.2) is 0 Å². The molecule has 0 aromatic heterocycles. The van der Waals surface area contributed by atoms with Gasteiger partial charge in [0.05, 0.1) is 0 Å². The van der Waals surface area contributed by atoms with Crippen LogP contribution in [-0.2, 0) is 0 Å². The number of aryl methyl sites for hydroxylation is 2. The normalized spacial score (nSPS) is 19.6.